The first-order valence-corrected chi connectivity index (χ1v) is 8.36. The number of alkyl halides is 1. The highest BCUT2D eigenvalue weighted by atomic mass is 31.2. The fraction of sp³-hybridized carbons (Fsp3) is 1.00. The van der Waals surface area contributed by atoms with Crippen LogP contribution in [0.25, 0.3) is 0 Å². The SMILES string of the molecule is B[C@@H]1O[C@H](CC(C)(CC)OP(=O)(O)[C@@H](C)O)[C@@H](O)[C@H]1F. The molecule has 6 nitrogen and oxygen atoms in total. The van der Waals surface area contributed by atoms with E-state index in [9.17, 15) is 24.1 Å². The molecule has 0 spiro atoms. The normalized spacial score (nSPS) is 38.1. The first-order valence-electron chi connectivity index (χ1n) is 6.71. The van der Waals surface area contributed by atoms with Gasteiger partial charge in [-0.2, -0.15) is 0 Å². The van der Waals surface area contributed by atoms with Crippen LogP contribution in [0.5, 0.6) is 0 Å². The molecule has 1 fully saturated rings. The molecule has 1 saturated heterocycles. The van der Waals surface area contributed by atoms with Gasteiger partial charge in [0.05, 0.1) is 17.7 Å². The van der Waals surface area contributed by atoms with Gasteiger partial charge in [-0.25, -0.2) is 4.39 Å². The van der Waals surface area contributed by atoms with Gasteiger partial charge in [0.15, 0.2) is 5.85 Å². The Labute approximate surface area is 119 Å². The number of aliphatic hydroxyl groups is 2. The molecule has 3 N–H and O–H groups in total. The van der Waals surface area contributed by atoms with Gasteiger partial charge >= 0.3 is 7.60 Å². The largest absolute Gasteiger partial charge is 0.387 e. The van der Waals surface area contributed by atoms with E-state index in [1.165, 1.54) is 7.85 Å². The molecule has 20 heavy (non-hydrogen) atoms. The molecule has 2 unspecified atom stereocenters. The minimum atomic E-state index is -4.18. The minimum absolute atomic E-state index is 0.0622. The number of halogens is 1. The van der Waals surface area contributed by atoms with E-state index in [4.69, 9.17) is 9.26 Å². The quantitative estimate of drug-likeness (QED) is 0.477. The van der Waals surface area contributed by atoms with Crippen molar-refractivity contribution in [3.63, 3.8) is 0 Å². The Kier molecular flexibility index (Phi) is 5.80. The maximum Gasteiger partial charge on any atom is 0.356 e. The first kappa shape index (κ1) is 18.1. The van der Waals surface area contributed by atoms with Crippen molar-refractivity contribution in [3.05, 3.63) is 0 Å². The topological polar surface area (TPSA) is 96.2 Å². The van der Waals surface area contributed by atoms with E-state index in [1.807, 2.05) is 0 Å². The molecule has 1 aliphatic heterocycles. The van der Waals surface area contributed by atoms with Gasteiger partial charge in [0.1, 0.15) is 20.1 Å². The summed E-state index contributed by atoms with van der Waals surface area (Å²) in [5.41, 5.74) is -1.10. The highest BCUT2D eigenvalue weighted by molar-refractivity contribution is 7.53. The molecule has 1 rings (SSSR count). The smallest absolute Gasteiger partial charge is 0.356 e. The van der Waals surface area contributed by atoms with Crippen LogP contribution in [0, 0.1) is 0 Å². The summed E-state index contributed by atoms with van der Waals surface area (Å²) in [5, 5.41) is 19.0. The van der Waals surface area contributed by atoms with Crippen LogP contribution in [-0.2, 0) is 13.8 Å². The van der Waals surface area contributed by atoms with Gasteiger partial charge in [0, 0.05) is 6.42 Å². The molecule has 0 aromatic rings. The van der Waals surface area contributed by atoms with Crippen molar-refractivity contribution in [3.8, 4) is 0 Å². The van der Waals surface area contributed by atoms with Crippen molar-refractivity contribution in [2.75, 3.05) is 0 Å². The molecule has 118 valence electrons. The van der Waals surface area contributed by atoms with Crippen molar-refractivity contribution in [2.24, 2.45) is 0 Å². The average Bonchev–Trinajstić information content (AvgIpc) is 2.56. The van der Waals surface area contributed by atoms with Crippen LogP contribution < -0.4 is 0 Å². The summed E-state index contributed by atoms with van der Waals surface area (Å²) >= 11 is 0. The fourth-order valence-corrected chi connectivity index (χ4v) is 3.13. The lowest BCUT2D eigenvalue weighted by Gasteiger charge is -2.34. The molecule has 7 atom stereocenters. The lowest BCUT2D eigenvalue weighted by molar-refractivity contribution is -0.0382. The van der Waals surface area contributed by atoms with Crippen molar-refractivity contribution in [1.82, 2.24) is 0 Å². The minimum Gasteiger partial charge on any atom is -0.387 e. The monoisotopic (exact) mass is 312 g/mol. The van der Waals surface area contributed by atoms with Crippen molar-refractivity contribution in [2.45, 2.75) is 69.4 Å². The van der Waals surface area contributed by atoms with E-state index in [0.717, 1.165) is 6.92 Å². The summed E-state index contributed by atoms with van der Waals surface area (Å²) in [6, 6.07) is -0.728. The summed E-state index contributed by atoms with van der Waals surface area (Å²) in [6.07, 6.45) is -3.17. The molecule has 9 heteroatoms. The molecule has 1 heterocycles. The predicted octanol–water partition coefficient (Wildman–Crippen LogP) is 0.142. The maximum absolute atomic E-state index is 13.5. The molecule has 1 aliphatic rings. The number of aliphatic hydroxyl groups excluding tert-OH is 2. The number of hydrogen-bond acceptors (Lipinski definition) is 5. The summed E-state index contributed by atoms with van der Waals surface area (Å²) in [5.74, 6) is -1.52. The lowest BCUT2D eigenvalue weighted by Crippen LogP contribution is -2.38. The second-order valence-electron chi connectivity index (χ2n) is 5.61. The fourth-order valence-electron chi connectivity index (χ4n) is 2.15. The van der Waals surface area contributed by atoms with Crippen molar-refractivity contribution < 1.29 is 33.3 Å². The van der Waals surface area contributed by atoms with Crippen LogP contribution in [0.15, 0.2) is 0 Å². The molecule has 0 saturated carbocycles. The van der Waals surface area contributed by atoms with E-state index in [2.05, 4.69) is 0 Å². The van der Waals surface area contributed by atoms with Gasteiger partial charge in [-0.05, 0) is 20.3 Å². The zero-order chi connectivity index (χ0) is 15.7. The zero-order valence-corrected chi connectivity index (χ0v) is 13.1. The van der Waals surface area contributed by atoms with Gasteiger partial charge in [-0.3, -0.25) is 4.57 Å². The van der Waals surface area contributed by atoms with Crippen LogP contribution in [-0.4, -0.2) is 58.8 Å². The third-order valence-corrected chi connectivity index (χ3v) is 5.40. The number of hydrogen-bond donors (Lipinski definition) is 3. The van der Waals surface area contributed by atoms with Crippen molar-refractivity contribution in [1.29, 1.82) is 0 Å². The lowest BCUT2D eigenvalue weighted by atomic mass is 9.90. The summed E-state index contributed by atoms with van der Waals surface area (Å²) in [6.45, 7) is 4.47. The van der Waals surface area contributed by atoms with Gasteiger partial charge in [0.25, 0.3) is 0 Å². The van der Waals surface area contributed by atoms with Crippen molar-refractivity contribution >= 4 is 15.4 Å². The number of rotatable bonds is 6. The summed E-state index contributed by atoms with van der Waals surface area (Å²) in [4.78, 5) is 9.61. The molecule has 0 aliphatic carbocycles. The zero-order valence-electron chi connectivity index (χ0n) is 12.2. The first-order chi connectivity index (χ1) is 9.02. The summed E-state index contributed by atoms with van der Waals surface area (Å²) in [7, 11) is -2.67. The molecular weight excluding hydrogens is 289 g/mol. The Balaban J connectivity index is 2.78. The Morgan fingerprint density at radius 2 is 2.15 bits per heavy atom. The third-order valence-electron chi connectivity index (χ3n) is 3.75. The highest BCUT2D eigenvalue weighted by Crippen LogP contribution is 2.51. The van der Waals surface area contributed by atoms with Crippen LogP contribution >= 0.6 is 7.60 Å². The van der Waals surface area contributed by atoms with Crippen LogP contribution in [0.2, 0.25) is 0 Å². The van der Waals surface area contributed by atoms with Gasteiger partial charge < -0.3 is 24.4 Å². The molecule has 0 aromatic carbocycles. The number of ether oxygens (including phenoxy) is 1. The molecule has 0 aromatic heterocycles. The standard InChI is InChI=1S/C11H23BFO6P/c1-4-11(3,19-20(16,17)6(2)14)5-7-9(15)8(13)10(12)18-7/h6-10,14-15H,4-5,12H2,1-3H3,(H,16,17)/t6-,7+,8+,9+,10+,11?/m0/s1. The van der Waals surface area contributed by atoms with E-state index in [0.29, 0.717) is 6.42 Å². The van der Waals surface area contributed by atoms with E-state index < -0.39 is 43.4 Å². The Morgan fingerprint density at radius 1 is 1.60 bits per heavy atom. The van der Waals surface area contributed by atoms with Gasteiger partial charge in [-0.1, -0.05) is 6.92 Å². The molecule has 0 bridgehead atoms. The van der Waals surface area contributed by atoms with Crippen LogP contribution in [0.4, 0.5) is 4.39 Å². The second kappa shape index (κ2) is 6.42. The molecule has 0 radical (unpaired) electrons. The second-order valence-corrected chi connectivity index (χ2v) is 7.67. The Morgan fingerprint density at radius 3 is 2.50 bits per heavy atom. The van der Waals surface area contributed by atoms with Gasteiger partial charge in [0.2, 0.25) is 0 Å². The van der Waals surface area contributed by atoms with E-state index >= 15 is 0 Å². The Hall–Kier alpha value is 0.0249. The van der Waals surface area contributed by atoms with Crippen LogP contribution in [0.3, 0.4) is 0 Å². The molecular formula is C11H23BFO6P. The van der Waals surface area contributed by atoms with Gasteiger partial charge in [-0.15, -0.1) is 0 Å². The van der Waals surface area contributed by atoms with Crippen LogP contribution in [0.1, 0.15) is 33.6 Å². The maximum atomic E-state index is 13.5. The Bertz CT molecular complexity index is 384. The highest BCUT2D eigenvalue weighted by Gasteiger charge is 2.46. The van der Waals surface area contributed by atoms with E-state index in [1.54, 1.807) is 13.8 Å². The summed E-state index contributed by atoms with van der Waals surface area (Å²) < 4.78 is 35.8. The molecule has 0 amide bonds. The third kappa shape index (κ3) is 4.03. The van der Waals surface area contributed by atoms with E-state index in [-0.39, 0.29) is 6.42 Å². The predicted molar refractivity (Wildman–Crippen MR) is 74.0 cm³/mol. The average molecular weight is 312 g/mol.